The van der Waals surface area contributed by atoms with Crippen molar-refractivity contribution >= 4 is 17.3 Å². The first kappa shape index (κ1) is 18.9. The fourth-order valence-electron chi connectivity index (χ4n) is 3.18. The average Bonchev–Trinajstić information content (AvgIpc) is 3.01. The van der Waals surface area contributed by atoms with Gasteiger partial charge in [0.25, 0.3) is 5.91 Å². The number of carbonyl (C=O) groups is 1. The number of fused-ring (bicyclic) bond motifs is 1. The van der Waals surface area contributed by atoms with Gasteiger partial charge in [0.1, 0.15) is 0 Å². The van der Waals surface area contributed by atoms with E-state index in [0.717, 1.165) is 34.6 Å². The highest BCUT2D eigenvalue weighted by Crippen LogP contribution is 2.36. The number of nitrogens with zero attached hydrogens (tertiary/aromatic N) is 1. The number of nitrogens with one attached hydrogen (secondary N) is 2. The highest BCUT2D eigenvalue weighted by Gasteiger charge is 2.22. The fourth-order valence-corrected chi connectivity index (χ4v) is 3.18. The SMILES string of the molecule is COCc1ccc2c(c1CNC(=O)c1cc(F)c(OC)c(F)c1)N(C)CN2. The number of ether oxygens (including phenoxy) is 2. The molecule has 0 saturated heterocycles. The van der Waals surface area contributed by atoms with Crippen LogP contribution in [0.25, 0.3) is 0 Å². The lowest BCUT2D eigenvalue weighted by Gasteiger charge is -2.19. The zero-order valence-electron chi connectivity index (χ0n) is 15.4. The molecular formula is C19H21F2N3O3. The van der Waals surface area contributed by atoms with Gasteiger partial charge in [-0.05, 0) is 23.8 Å². The van der Waals surface area contributed by atoms with Crippen molar-refractivity contribution in [2.45, 2.75) is 13.2 Å². The summed E-state index contributed by atoms with van der Waals surface area (Å²) < 4.78 is 37.6. The van der Waals surface area contributed by atoms with Crippen molar-refractivity contribution in [2.75, 3.05) is 38.2 Å². The lowest BCUT2D eigenvalue weighted by molar-refractivity contribution is 0.0949. The number of benzene rings is 2. The zero-order valence-corrected chi connectivity index (χ0v) is 15.4. The summed E-state index contributed by atoms with van der Waals surface area (Å²) >= 11 is 0. The van der Waals surface area contributed by atoms with Crippen molar-refractivity contribution in [3.8, 4) is 5.75 Å². The van der Waals surface area contributed by atoms with Gasteiger partial charge in [-0.1, -0.05) is 6.07 Å². The molecule has 0 bridgehead atoms. The Kier molecular flexibility index (Phi) is 5.46. The first-order chi connectivity index (χ1) is 13.0. The molecule has 0 spiro atoms. The summed E-state index contributed by atoms with van der Waals surface area (Å²) in [7, 11) is 4.70. The lowest BCUT2D eigenvalue weighted by atomic mass is 10.0. The minimum atomic E-state index is -0.924. The van der Waals surface area contributed by atoms with Crippen LogP contribution in [0.5, 0.6) is 5.75 Å². The maximum atomic E-state index is 13.9. The minimum Gasteiger partial charge on any atom is -0.491 e. The smallest absolute Gasteiger partial charge is 0.251 e. The van der Waals surface area contributed by atoms with E-state index >= 15 is 0 Å². The molecule has 2 aromatic rings. The van der Waals surface area contributed by atoms with Gasteiger partial charge in [0.2, 0.25) is 0 Å². The second kappa shape index (κ2) is 7.79. The van der Waals surface area contributed by atoms with E-state index in [1.165, 1.54) is 7.11 Å². The Morgan fingerprint density at radius 2 is 1.96 bits per heavy atom. The summed E-state index contributed by atoms with van der Waals surface area (Å²) in [5.74, 6) is -2.94. The Balaban J connectivity index is 1.85. The number of hydrogen-bond acceptors (Lipinski definition) is 5. The maximum Gasteiger partial charge on any atom is 0.251 e. The molecule has 0 unspecified atom stereocenters. The van der Waals surface area contributed by atoms with Crippen LogP contribution in [-0.2, 0) is 17.9 Å². The van der Waals surface area contributed by atoms with Crippen LogP contribution in [0.1, 0.15) is 21.5 Å². The Bertz CT molecular complexity index is 851. The molecule has 6 nitrogen and oxygen atoms in total. The van der Waals surface area contributed by atoms with Crippen LogP contribution in [-0.4, -0.2) is 33.8 Å². The monoisotopic (exact) mass is 377 g/mol. The molecule has 0 saturated carbocycles. The van der Waals surface area contributed by atoms with E-state index in [-0.39, 0.29) is 12.1 Å². The van der Waals surface area contributed by atoms with E-state index in [4.69, 9.17) is 4.74 Å². The second-order valence-electron chi connectivity index (χ2n) is 6.22. The van der Waals surface area contributed by atoms with Crippen molar-refractivity contribution < 1.29 is 23.0 Å². The molecule has 1 aliphatic heterocycles. The van der Waals surface area contributed by atoms with Crippen LogP contribution in [0, 0.1) is 11.6 Å². The van der Waals surface area contributed by atoms with E-state index in [1.807, 2.05) is 24.1 Å². The summed E-state index contributed by atoms with van der Waals surface area (Å²) in [4.78, 5) is 14.5. The summed E-state index contributed by atoms with van der Waals surface area (Å²) in [6.07, 6.45) is 0. The molecule has 2 aromatic carbocycles. The molecule has 1 amide bonds. The number of carbonyl (C=O) groups excluding carboxylic acids is 1. The van der Waals surface area contributed by atoms with Gasteiger partial charge in [-0.3, -0.25) is 4.79 Å². The predicted molar refractivity (Wildman–Crippen MR) is 98.1 cm³/mol. The highest BCUT2D eigenvalue weighted by molar-refractivity contribution is 5.94. The van der Waals surface area contributed by atoms with Crippen molar-refractivity contribution in [3.05, 3.63) is 52.6 Å². The summed E-state index contributed by atoms with van der Waals surface area (Å²) in [5.41, 5.74) is 3.64. The van der Waals surface area contributed by atoms with Crippen molar-refractivity contribution in [3.63, 3.8) is 0 Å². The summed E-state index contributed by atoms with van der Waals surface area (Å²) in [5, 5.41) is 6.00. The highest BCUT2D eigenvalue weighted by atomic mass is 19.1. The van der Waals surface area contributed by atoms with E-state index in [9.17, 15) is 13.6 Å². The molecule has 8 heteroatoms. The molecule has 2 N–H and O–H groups in total. The normalized spacial score (nSPS) is 12.6. The van der Waals surface area contributed by atoms with Gasteiger partial charge < -0.3 is 25.0 Å². The van der Waals surface area contributed by atoms with Crippen LogP contribution >= 0.6 is 0 Å². The number of anilines is 2. The van der Waals surface area contributed by atoms with Gasteiger partial charge >= 0.3 is 0 Å². The van der Waals surface area contributed by atoms with Crippen LogP contribution in [0.2, 0.25) is 0 Å². The van der Waals surface area contributed by atoms with Crippen molar-refractivity contribution in [2.24, 2.45) is 0 Å². The molecule has 3 rings (SSSR count). The van der Waals surface area contributed by atoms with E-state index < -0.39 is 23.3 Å². The van der Waals surface area contributed by atoms with Crippen molar-refractivity contribution in [1.82, 2.24) is 5.32 Å². The Labute approximate surface area is 156 Å². The third-order valence-corrected chi connectivity index (χ3v) is 4.46. The van der Waals surface area contributed by atoms with E-state index in [2.05, 4.69) is 15.4 Å². The first-order valence-electron chi connectivity index (χ1n) is 8.36. The standard InChI is InChI=1S/C19H21F2N3O3/c1-24-10-23-16-5-4-11(9-26-2)13(17(16)24)8-22-19(25)12-6-14(20)18(27-3)15(21)7-12/h4-7,23H,8-10H2,1-3H3,(H,22,25). The molecule has 0 fully saturated rings. The molecule has 0 radical (unpaired) electrons. The largest absolute Gasteiger partial charge is 0.491 e. The molecular weight excluding hydrogens is 356 g/mol. The summed E-state index contributed by atoms with van der Waals surface area (Å²) in [6.45, 7) is 1.24. The number of rotatable bonds is 6. The average molecular weight is 377 g/mol. The summed E-state index contributed by atoms with van der Waals surface area (Å²) in [6, 6.07) is 5.81. The number of methoxy groups -OCH3 is 2. The molecule has 27 heavy (non-hydrogen) atoms. The Morgan fingerprint density at radius 1 is 1.26 bits per heavy atom. The topological polar surface area (TPSA) is 62.8 Å². The predicted octanol–water partition coefficient (Wildman–Crippen LogP) is 2.87. The maximum absolute atomic E-state index is 13.9. The van der Waals surface area contributed by atoms with Gasteiger partial charge in [-0.15, -0.1) is 0 Å². The fraction of sp³-hybridized carbons (Fsp3) is 0.316. The second-order valence-corrected chi connectivity index (χ2v) is 6.22. The zero-order chi connectivity index (χ0) is 19.6. The van der Waals surface area contributed by atoms with Gasteiger partial charge in [-0.2, -0.15) is 0 Å². The molecule has 1 heterocycles. The molecule has 0 aromatic heterocycles. The van der Waals surface area contributed by atoms with Crippen LogP contribution < -0.4 is 20.3 Å². The first-order valence-corrected chi connectivity index (χ1v) is 8.36. The number of halogens is 2. The molecule has 0 aliphatic carbocycles. The molecule has 0 atom stereocenters. The van der Waals surface area contributed by atoms with Gasteiger partial charge in [0, 0.05) is 31.8 Å². The van der Waals surface area contributed by atoms with Crippen molar-refractivity contribution in [1.29, 1.82) is 0 Å². The molecule has 144 valence electrons. The van der Waals surface area contributed by atoms with Crippen LogP contribution in [0.15, 0.2) is 24.3 Å². The van der Waals surface area contributed by atoms with E-state index in [0.29, 0.717) is 13.3 Å². The molecule has 1 aliphatic rings. The van der Waals surface area contributed by atoms with E-state index in [1.54, 1.807) is 7.11 Å². The minimum absolute atomic E-state index is 0.113. The lowest BCUT2D eigenvalue weighted by Crippen LogP contribution is -2.25. The Hall–Kier alpha value is -2.87. The third kappa shape index (κ3) is 3.66. The third-order valence-electron chi connectivity index (χ3n) is 4.46. The van der Waals surface area contributed by atoms with Crippen LogP contribution in [0.4, 0.5) is 20.2 Å². The number of hydrogen-bond donors (Lipinski definition) is 2. The Morgan fingerprint density at radius 3 is 2.59 bits per heavy atom. The van der Waals surface area contributed by atoms with Crippen LogP contribution in [0.3, 0.4) is 0 Å². The van der Waals surface area contributed by atoms with Gasteiger partial charge in [-0.25, -0.2) is 8.78 Å². The van der Waals surface area contributed by atoms with Gasteiger partial charge in [0.05, 0.1) is 31.8 Å². The quantitative estimate of drug-likeness (QED) is 0.811. The number of amides is 1. The van der Waals surface area contributed by atoms with Gasteiger partial charge in [0.15, 0.2) is 17.4 Å².